The van der Waals surface area contributed by atoms with Gasteiger partial charge in [-0.05, 0) is 30.5 Å². The molecule has 0 aliphatic carbocycles. The lowest BCUT2D eigenvalue weighted by atomic mass is 10.1. The van der Waals surface area contributed by atoms with E-state index < -0.39 is 5.97 Å². The van der Waals surface area contributed by atoms with Crippen LogP contribution in [0, 0.1) is 5.92 Å². The second kappa shape index (κ2) is 6.11. The molecule has 0 amide bonds. The van der Waals surface area contributed by atoms with Crippen LogP contribution < -0.4 is 4.90 Å². The van der Waals surface area contributed by atoms with Crippen LogP contribution >= 0.6 is 11.6 Å². The van der Waals surface area contributed by atoms with Gasteiger partial charge in [-0.2, -0.15) is 0 Å². The number of rotatable bonds is 4. The number of hydrogen-bond acceptors (Lipinski definition) is 2. The fourth-order valence-corrected chi connectivity index (χ4v) is 2.74. The van der Waals surface area contributed by atoms with Crippen molar-refractivity contribution in [2.75, 3.05) is 18.0 Å². The van der Waals surface area contributed by atoms with Gasteiger partial charge in [0.05, 0.1) is 0 Å². The predicted molar refractivity (Wildman–Crippen MR) is 78.7 cm³/mol. The molecule has 1 N–H and O–H groups in total. The van der Waals surface area contributed by atoms with E-state index in [1.54, 1.807) is 12.1 Å². The van der Waals surface area contributed by atoms with Crippen molar-refractivity contribution in [1.82, 2.24) is 0 Å². The molecule has 1 aliphatic rings. The van der Waals surface area contributed by atoms with E-state index in [1.807, 2.05) is 12.1 Å². The van der Waals surface area contributed by atoms with Gasteiger partial charge in [-0.25, -0.2) is 4.79 Å². The number of hydrogen-bond donors (Lipinski definition) is 1. The number of carboxylic acid groups (broad SMARTS) is 1. The molecule has 1 fully saturated rings. The van der Waals surface area contributed by atoms with Crippen LogP contribution in [0.3, 0.4) is 0 Å². The van der Waals surface area contributed by atoms with Crippen molar-refractivity contribution in [3.8, 4) is 0 Å². The Hall–Kier alpha value is -1.48. The van der Waals surface area contributed by atoms with Crippen LogP contribution in [0.15, 0.2) is 24.3 Å². The quantitative estimate of drug-likeness (QED) is 0.855. The highest BCUT2D eigenvalue weighted by atomic mass is 35.5. The number of nitrogens with zero attached hydrogens (tertiary/aromatic N) is 1. The van der Waals surface area contributed by atoms with Crippen LogP contribution in [0.4, 0.5) is 5.69 Å². The first-order valence-electron chi connectivity index (χ1n) is 6.56. The molecule has 0 aromatic heterocycles. The average molecular weight is 280 g/mol. The van der Waals surface area contributed by atoms with Crippen molar-refractivity contribution in [3.05, 3.63) is 34.9 Å². The molecule has 1 aliphatic heterocycles. The molecule has 1 aromatic rings. The van der Waals surface area contributed by atoms with Crippen LogP contribution in [-0.2, 0) is 4.79 Å². The Morgan fingerprint density at radius 2 is 2.37 bits per heavy atom. The van der Waals surface area contributed by atoms with Gasteiger partial charge in [-0.3, -0.25) is 0 Å². The van der Waals surface area contributed by atoms with Crippen LogP contribution in [-0.4, -0.2) is 24.2 Å². The number of halogens is 1. The minimum Gasteiger partial charge on any atom is -0.478 e. The molecule has 2 rings (SSSR count). The molecule has 0 spiro atoms. The monoisotopic (exact) mass is 279 g/mol. The molecule has 4 heteroatoms. The lowest BCUT2D eigenvalue weighted by Crippen LogP contribution is -2.20. The molecule has 1 saturated heterocycles. The molecule has 1 aromatic carbocycles. The van der Waals surface area contributed by atoms with Crippen LogP contribution in [0.25, 0.3) is 6.08 Å². The molecule has 1 unspecified atom stereocenters. The van der Waals surface area contributed by atoms with E-state index in [9.17, 15) is 4.79 Å². The molecule has 1 heterocycles. The minimum absolute atomic E-state index is 0.593. The van der Waals surface area contributed by atoms with E-state index >= 15 is 0 Å². The van der Waals surface area contributed by atoms with Crippen molar-refractivity contribution in [3.63, 3.8) is 0 Å². The summed E-state index contributed by atoms with van der Waals surface area (Å²) in [6.07, 6.45) is 5.08. The minimum atomic E-state index is -0.960. The summed E-state index contributed by atoms with van der Waals surface area (Å²) < 4.78 is 0. The van der Waals surface area contributed by atoms with Gasteiger partial charge in [0, 0.05) is 35.4 Å². The summed E-state index contributed by atoms with van der Waals surface area (Å²) in [7, 11) is 0. The highest BCUT2D eigenvalue weighted by molar-refractivity contribution is 6.32. The standard InChI is InChI=1S/C15H18ClNO2/c1-2-11-8-9-17(10-11)14-5-3-4-13(16)12(14)6-7-15(18)19/h3-7,11H,2,8-10H2,1H3,(H,18,19)/b7-6+. The zero-order valence-corrected chi connectivity index (χ0v) is 11.7. The third-order valence-electron chi connectivity index (χ3n) is 3.63. The Morgan fingerprint density at radius 3 is 3.00 bits per heavy atom. The summed E-state index contributed by atoms with van der Waals surface area (Å²) in [5.41, 5.74) is 1.82. The number of benzene rings is 1. The Balaban J connectivity index is 2.30. The van der Waals surface area contributed by atoms with Gasteiger partial charge in [0.2, 0.25) is 0 Å². The lowest BCUT2D eigenvalue weighted by Gasteiger charge is -2.21. The summed E-state index contributed by atoms with van der Waals surface area (Å²) in [5.74, 6) is -0.242. The number of carbonyl (C=O) groups is 1. The average Bonchev–Trinajstić information content (AvgIpc) is 2.85. The molecule has 3 nitrogen and oxygen atoms in total. The maximum absolute atomic E-state index is 10.7. The van der Waals surface area contributed by atoms with E-state index in [0.29, 0.717) is 5.02 Å². The molecule has 0 radical (unpaired) electrons. The van der Waals surface area contributed by atoms with Gasteiger partial charge in [0.25, 0.3) is 0 Å². The number of carboxylic acids is 1. The van der Waals surface area contributed by atoms with Crippen molar-refractivity contribution >= 4 is 29.3 Å². The van der Waals surface area contributed by atoms with E-state index in [4.69, 9.17) is 16.7 Å². The Labute approximate surface area is 118 Å². The summed E-state index contributed by atoms with van der Waals surface area (Å²) >= 11 is 6.19. The van der Waals surface area contributed by atoms with Gasteiger partial charge < -0.3 is 10.0 Å². The molecule has 102 valence electrons. The van der Waals surface area contributed by atoms with Gasteiger partial charge in [-0.15, -0.1) is 0 Å². The summed E-state index contributed by atoms with van der Waals surface area (Å²) in [6, 6.07) is 5.71. The zero-order chi connectivity index (χ0) is 13.8. The third kappa shape index (κ3) is 3.29. The number of anilines is 1. The molecule has 0 saturated carbocycles. The Morgan fingerprint density at radius 1 is 1.58 bits per heavy atom. The van der Waals surface area contributed by atoms with Crippen molar-refractivity contribution in [2.45, 2.75) is 19.8 Å². The molecule has 1 atom stereocenters. The first-order chi connectivity index (χ1) is 9.11. The van der Waals surface area contributed by atoms with Crippen LogP contribution in [0.5, 0.6) is 0 Å². The summed E-state index contributed by atoms with van der Waals surface area (Å²) in [6.45, 7) is 4.23. The molecule has 19 heavy (non-hydrogen) atoms. The second-order valence-electron chi connectivity index (χ2n) is 4.85. The predicted octanol–water partition coefficient (Wildman–Crippen LogP) is 3.67. The van der Waals surface area contributed by atoms with Gasteiger partial charge >= 0.3 is 5.97 Å². The van der Waals surface area contributed by atoms with Gasteiger partial charge in [0.1, 0.15) is 0 Å². The Bertz CT molecular complexity index is 499. The van der Waals surface area contributed by atoms with Gasteiger partial charge in [-0.1, -0.05) is 31.0 Å². The topological polar surface area (TPSA) is 40.5 Å². The number of aliphatic carboxylic acids is 1. The van der Waals surface area contributed by atoms with E-state index in [2.05, 4.69) is 11.8 Å². The SMILES string of the molecule is CCC1CCN(c2cccc(Cl)c2/C=C/C(=O)O)C1. The van der Waals surface area contributed by atoms with E-state index in [-0.39, 0.29) is 0 Å². The molecular formula is C15H18ClNO2. The van der Waals surface area contributed by atoms with Crippen molar-refractivity contribution in [1.29, 1.82) is 0 Å². The maximum atomic E-state index is 10.7. The third-order valence-corrected chi connectivity index (χ3v) is 3.96. The van der Waals surface area contributed by atoms with E-state index in [1.165, 1.54) is 12.8 Å². The highest BCUT2D eigenvalue weighted by Gasteiger charge is 2.23. The maximum Gasteiger partial charge on any atom is 0.328 e. The van der Waals surface area contributed by atoms with Crippen molar-refractivity contribution < 1.29 is 9.90 Å². The summed E-state index contributed by atoms with van der Waals surface area (Å²) in [4.78, 5) is 13.0. The van der Waals surface area contributed by atoms with Crippen molar-refractivity contribution in [2.24, 2.45) is 5.92 Å². The lowest BCUT2D eigenvalue weighted by molar-refractivity contribution is -0.131. The van der Waals surface area contributed by atoms with E-state index in [0.717, 1.165) is 36.3 Å². The van der Waals surface area contributed by atoms with Crippen LogP contribution in [0.1, 0.15) is 25.3 Å². The first-order valence-corrected chi connectivity index (χ1v) is 6.94. The van der Waals surface area contributed by atoms with Gasteiger partial charge in [0.15, 0.2) is 0 Å². The van der Waals surface area contributed by atoms with Crippen LogP contribution in [0.2, 0.25) is 5.02 Å². The second-order valence-corrected chi connectivity index (χ2v) is 5.26. The Kier molecular flexibility index (Phi) is 4.48. The molecular weight excluding hydrogens is 262 g/mol. The first kappa shape index (κ1) is 13.9. The highest BCUT2D eigenvalue weighted by Crippen LogP contribution is 2.33. The molecule has 0 bridgehead atoms. The smallest absolute Gasteiger partial charge is 0.328 e. The zero-order valence-electron chi connectivity index (χ0n) is 11.0. The largest absolute Gasteiger partial charge is 0.478 e. The summed E-state index contributed by atoms with van der Waals surface area (Å²) in [5, 5.41) is 9.35. The fraction of sp³-hybridized carbons (Fsp3) is 0.400. The fourth-order valence-electron chi connectivity index (χ4n) is 2.51. The normalized spacial score (nSPS) is 19.3.